The van der Waals surface area contributed by atoms with Gasteiger partial charge in [-0.1, -0.05) is 12.1 Å². The molecule has 3 aliphatic heterocycles. The lowest BCUT2D eigenvalue weighted by atomic mass is 9.94. The van der Waals surface area contributed by atoms with Gasteiger partial charge in [-0.25, -0.2) is 0 Å². The van der Waals surface area contributed by atoms with Crippen molar-refractivity contribution in [3.63, 3.8) is 0 Å². The van der Waals surface area contributed by atoms with E-state index in [1.165, 1.54) is 19.1 Å². The average Bonchev–Trinajstić information content (AvgIpc) is 3.21. The van der Waals surface area contributed by atoms with Gasteiger partial charge in [0.25, 0.3) is 11.7 Å². The number of nitrogens with zero attached hydrogens (tertiary/aromatic N) is 2. The molecular formula is C28H32N2O8. The van der Waals surface area contributed by atoms with E-state index in [1.54, 1.807) is 36.4 Å². The summed E-state index contributed by atoms with van der Waals surface area (Å²) in [5.74, 6) is 0.180. The Bertz CT molecular complexity index is 1240. The fraction of sp³-hybridized carbons (Fsp3) is 0.429. The molecule has 2 saturated heterocycles. The van der Waals surface area contributed by atoms with Gasteiger partial charge in [0.1, 0.15) is 19.0 Å². The topological polar surface area (TPSA) is 107 Å². The van der Waals surface area contributed by atoms with Gasteiger partial charge in [-0.3, -0.25) is 14.5 Å². The molecule has 38 heavy (non-hydrogen) atoms. The van der Waals surface area contributed by atoms with E-state index in [0.29, 0.717) is 73.5 Å². The molecule has 5 rings (SSSR count). The van der Waals surface area contributed by atoms with Crippen LogP contribution in [0.25, 0.3) is 5.76 Å². The summed E-state index contributed by atoms with van der Waals surface area (Å²) in [6, 6.07) is 9.39. The molecule has 1 atom stereocenters. The third kappa shape index (κ3) is 4.89. The fourth-order valence-electron chi connectivity index (χ4n) is 5.20. The maximum Gasteiger partial charge on any atom is 0.295 e. The molecule has 0 spiro atoms. The standard InChI is InChI=1S/C28H32N2O8/c1-34-21-6-3-5-19(27(21)35-2)24-23(25(31)18-7-8-20-22(17-18)38-16-15-37-20)26(32)28(33)30(24)10-4-9-29-11-13-36-14-12-29/h3,5-8,17,24,31H,4,9-16H2,1-2H3/b25-23+/t24-/m1/s1. The first-order valence-electron chi connectivity index (χ1n) is 12.7. The van der Waals surface area contributed by atoms with Crippen LogP contribution in [0, 0.1) is 0 Å². The summed E-state index contributed by atoms with van der Waals surface area (Å²) in [6.45, 7) is 4.92. The minimum absolute atomic E-state index is 0.00963. The van der Waals surface area contributed by atoms with Crippen molar-refractivity contribution in [2.45, 2.75) is 12.5 Å². The van der Waals surface area contributed by atoms with Crippen LogP contribution in [0.3, 0.4) is 0 Å². The number of aliphatic hydroxyl groups is 1. The molecule has 0 aliphatic carbocycles. The molecule has 1 N–H and O–H groups in total. The number of hydrogen-bond acceptors (Lipinski definition) is 9. The number of Topliss-reactive ketones (excluding diaryl/α,β-unsaturated/α-hetero) is 1. The fourth-order valence-corrected chi connectivity index (χ4v) is 5.20. The van der Waals surface area contributed by atoms with Crippen molar-refractivity contribution in [1.82, 2.24) is 9.80 Å². The van der Waals surface area contributed by atoms with Crippen molar-refractivity contribution >= 4 is 17.4 Å². The van der Waals surface area contributed by atoms with Crippen LogP contribution in [0.2, 0.25) is 0 Å². The van der Waals surface area contributed by atoms with Gasteiger partial charge in [-0.15, -0.1) is 0 Å². The van der Waals surface area contributed by atoms with Crippen molar-refractivity contribution < 1.29 is 38.4 Å². The van der Waals surface area contributed by atoms with E-state index in [-0.39, 0.29) is 11.3 Å². The Morgan fingerprint density at radius 2 is 1.74 bits per heavy atom. The molecule has 2 fully saturated rings. The Morgan fingerprint density at radius 1 is 0.974 bits per heavy atom. The number of benzene rings is 2. The van der Waals surface area contributed by atoms with E-state index in [1.807, 2.05) is 0 Å². The average molecular weight is 525 g/mol. The first-order valence-corrected chi connectivity index (χ1v) is 12.7. The highest BCUT2D eigenvalue weighted by Crippen LogP contribution is 2.46. The zero-order valence-corrected chi connectivity index (χ0v) is 21.6. The number of methoxy groups -OCH3 is 2. The first kappa shape index (κ1) is 25.9. The molecule has 0 unspecified atom stereocenters. The van der Waals surface area contributed by atoms with Crippen molar-refractivity contribution in [2.75, 3.05) is 66.8 Å². The summed E-state index contributed by atoms with van der Waals surface area (Å²) < 4.78 is 27.8. The lowest BCUT2D eigenvalue weighted by Crippen LogP contribution is -2.39. The maximum atomic E-state index is 13.5. The van der Waals surface area contributed by atoms with Crippen molar-refractivity contribution in [3.05, 3.63) is 53.1 Å². The van der Waals surface area contributed by atoms with Gasteiger partial charge in [0.2, 0.25) is 0 Å². The molecule has 0 aromatic heterocycles. The van der Waals surface area contributed by atoms with Crippen LogP contribution in [-0.4, -0.2) is 93.4 Å². The van der Waals surface area contributed by atoms with Gasteiger partial charge in [-0.2, -0.15) is 0 Å². The zero-order chi connectivity index (χ0) is 26.6. The molecule has 0 bridgehead atoms. The summed E-state index contributed by atoms with van der Waals surface area (Å²) in [6.07, 6.45) is 0.653. The Morgan fingerprint density at radius 3 is 2.47 bits per heavy atom. The number of carbonyl (C=O) groups excluding carboxylic acids is 2. The van der Waals surface area contributed by atoms with Crippen LogP contribution >= 0.6 is 0 Å². The Balaban J connectivity index is 1.55. The summed E-state index contributed by atoms with van der Waals surface area (Å²) >= 11 is 0. The van der Waals surface area contributed by atoms with Crippen LogP contribution < -0.4 is 18.9 Å². The second-order valence-electron chi connectivity index (χ2n) is 9.24. The predicted molar refractivity (Wildman–Crippen MR) is 138 cm³/mol. The lowest BCUT2D eigenvalue weighted by molar-refractivity contribution is -0.140. The smallest absolute Gasteiger partial charge is 0.295 e. The van der Waals surface area contributed by atoms with E-state index in [0.717, 1.165) is 19.6 Å². The molecule has 3 aliphatic rings. The summed E-state index contributed by atoms with van der Waals surface area (Å²) in [4.78, 5) is 30.6. The number of hydrogen-bond donors (Lipinski definition) is 1. The third-order valence-corrected chi connectivity index (χ3v) is 7.06. The zero-order valence-electron chi connectivity index (χ0n) is 21.6. The number of amides is 1. The number of aliphatic hydroxyl groups excluding tert-OH is 1. The molecule has 10 nitrogen and oxygen atoms in total. The summed E-state index contributed by atoms with van der Waals surface area (Å²) in [7, 11) is 3.03. The van der Waals surface area contributed by atoms with E-state index >= 15 is 0 Å². The number of morpholine rings is 1. The van der Waals surface area contributed by atoms with E-state index < -0.39 is 17.7 Å². The number of carbonyl (C=O) groups is 2. The minimum atomic E-state index is -0.863. The quantitative estimate of drug-likeness (QED) is 0.317. The van der Waals surface area contributed by atoms with Crippen LogP contribution in [0.5, 0.6) is 23.0 Å². The number of rotatable bonds is 8. The molecule has 1 amide bonds. The molecule has 2 aromatic rings. The Labute approximate surface area is 221 Å². The highest BCUT2D eigenvalue weighted by atomic mass is 16.6. The first-order chi connectivity index (χ1) is 18.5. The van der Waals surface area contributed by atoms with E-state index in [2.05, 4.69) is 4.90 Å². The van der Waals surface area contributed by atoms with E-state index in [9.17, 15) is 14.7 Å². The largest absolute Gasteiger partial charge is 0.507 e. The second kappa shape index (κ2) is 11.3. The highest BCUT2D eigenvalue weighted by molar-refractivity contribution is 6.46. The molecule has 3 heterocycles. The van der Waals surface area contributed by atoms with E-state index in [4.69, 9.17) is 23.7 Å². The van der Waals surface area contributed by atoms with Crippen molar-refractivity contribution in [2.24, 2.45) is 0 Å². The Hall–Kier alpha value is -3.76. The highest BCUT2D eigenvalue weighted by Gasteiger charge is 2.47. The number of para-hydroxylation sites is 1. The van der Waals surface area contributed by atoms with Crippen molar-refractivity contribution in [3.8, 4) is 23.0 Å². The summed E-state index contributed by atoms with van der Waals surface area (Å²) in [5.41, 5.74) is 0.897. The molecule has 202 valence electrons. The van der Waals surface area contributed by atoms with Crippen LogP contribution in [0.15, 0.2) is 42.0 Å². The SMILES string of the molecule is COc1cccc([C@@H]2/C(=C(\O)c3ccc4c(c3)OCCO4)C(=O)C(=O)N2CCCN2CCOCC2)c1OC. The normalized spacial score (nSPS) is 21.0. The molecular weight excluding hydrogens is 492 g/mol. The van der Waals surface area contributed by atoms with Crippen LogP contribution in [-0.2, 0) is 14.3 Å². The molecule has 10 heteroatoms. The monoisotopic (exact) mass is 524 g/mol. The number of likely N-dealkylation sites (tertiary alicyclic amines) is 1. The molecule has 2 aromatic carbocycles. The van der Waals surface area contributed by atoms with Crippen LogP contribution in [0.4, 0.5) is 0 Å². The number of ketones is 1. The van der Waals surface area contributed by atoms with Gasteiger partial charge in [0.15, 0.2) is 23.0 Å². The van der Waals surface area contributed by atoms with Gasteiger partial charge in [0.05, 0.1) is 39.0 Å². The van der Waals surface area contributed by atoms with Crippen molar-refractivity contribution in [1.29, 1.82) is 0 Å². The third-order valence-electron chi connectivity index (χ3n) is 7.06. The number of ether oxygens (including phenoxy) is 5. The second-order valence-corrected chi connectivity index (χ2v) is 9.24. The minimum Gasteiger partial charge on any atom is -0.507 e. The van der Waals surface area contributed by atoms with Gasteiger partial charge in [0, 0.05) is 37.3 Å². The molecule has 0 radical (unpaired) electrons. The number of fused-ring (bicyclic) bond motifs is 1. The van der Waals surface area contributed by atoms with Gasteiger partial charge >= 0.3 is 0 Å². The maximum absolute atomic E-state index is 13.5. The van der Waals surface area contributed by atoms with Gasteiger partial charge < -0.3 is 33.7 Å². The van der Waals surface area contributed by atoms with Crippen LogP contribution in [0.1, 0.15) is 23.6 Å². The molecule has 0 saturated carbocycles. The lowest BCUT2D eigenvalue weighted by Gasteiger charge is -2.30. The summed E-state index contributed by atoms with van der Waals surface area (Å²) in [5, 5.41) is 11.5. The predicted octanol–water partition coefficient (Wildman–Crippen LogP) is 2.62. The Kier molecular flexibility index (Phi) is 7.71. The van der Waals surface area contributed by atoms with Gasteiger partial charge in [-0.05, 0) is 30.7 Å².